The molecule has 2 amide bonds. The zero-order valence-corrected chi connectivity index (χ0v) is 21.7. The highest BCUT2D eigenvalue weighted by Crippen LogP contribution is 2.28. The second-order valence-electron chi connectivity index (χ2n) is 8.43. The molecule has 4 rings (SSSR count). The van der Waals surface area contributed by atoms with E-state index in [1.54, 1.807) is 43.7 Å². The number of ether oxygens (including phenoxy) is 2. The highest BCUT2D eigenvalue weighted by Gasteiger charge is 2.18. The van der Waals surface area contributed by atoms with E-state index in [2.05, 4.69) is 26.5 Å². The first-order valence-corrected chi connectivity index (χ1v) is 12.6. The maximum Gasteiger partial charge on any atom is 0.272 e. The van der Waals surface area contributed by atoms with Gasteiger partial charge < -0.3 is 14.4 Å². The average Bonchev–Trinajstić information content (AvgIpc) is 2.92. The minimum Gasteiger partial charge on any atom is -0.493 e. The quantitative estimate of drug-likeness (QED) is 0.300. The molecule has 1 saturated heterocycles. The van der Waals surface area contributed by atoms with Crippen molar-refractivity contribution in [1.82, 2.24) is 10.3 Å². The third-order valence-electron chi connectivity index (χ3n) is 5.92. The van der Waals surface area contributed by atoms with E-state index in [1.807, 2.05) is 41.3 Å². The molecule has 186 valence electrons. The van der Waals surface area contributed by atoms with E-state index in [0.717, 1.165) is 37.1 Å². The van der Waals surface area contributed by atoms with Crippen LogP contribution >= 0.6 is 15.9 Å². The lowest BCUT2D eigenvalue weighted by Crippen LogP contribution is -2.35. The number of hydrazone groups is 1. The minimum atomic E-state index is -0.311. The summed E-state index contributed by atoms with van der Waals surface area (Å²) >= 11 is 3.36. The van der Waals surface area contributed by atoms with Crippen LogP contribution in [0.1, 0.15) is 51.1 Å². The fraction of sp³-hybridized carbons (Fsp3) is 0.250. The van der Waals surface area contributed by atoms with Crippen molar-refractivity contribution in [2.75, 3.05) is 20.2 Å². The van der Waals surface area contributed by atoms with E-state index in [9.17, 15) is 9.59 Å². The number of nitrogens with one attached hydrogen (secondary N) is 1. The van der Waals surface area contributed by atoms with E-state index in [-0.39, 0.29) is 11.8 Å². The lowest BCUT2D eigenvalue weighted by atomic mass is 10.1. The van der Waals surface area contributed by atoms with Gasteiger partial charge in [0, 0.05) is 23.1 Å². The summed E-state index contributed by atoms with van der Waals surface area (Å²) in [7, 11) is 1.57. The molecule has 3 aromatic rings. The molecule has 0 radical (unpaired) electrons. The van der Waals surface area contributed by atoms with E-state index in [0.29, 0.717) is 33.7 Å². The molecule has 36 heavy (non-hydrogen) atoms. The van der Waals surface area contributed by atoms with Gasteiger partial charge in [0.15, 0.2) is 11.5 Å². The minimum absolute atomic E-state index is 0.0914. The van der Waals surface area contributed by atoms with Crippen LogP contribution in [0.3, 0.4) is 0 Å². The summed E-state index contributed by atoms with van der Waals surface area (Å²) < 4.78 is 12.1. The zero-order valence-electron chi connectivity index (χ0n) is 20.1. The molecule has 3 aromatic carbocycles. The van der Waals surface area contributed by atoms with Crippen molar-refractivity contribution in [3.05, 3.63) is 93.5 Å². The van der Waals surface area contributed by atoms with E-state index >= 15 is 0 Å². The third-order valence-corrected chi connectivity index (χ3v) is 6.62. The van der Waals surface area contributed by atoms with Gasteiger partial charge in [-0.15, -0.1) is 0 Å². The van der Waals surface area contributed by atoms with Crippen LogP contribution in [0.15, 0.2) is 76.3 Å². The van der Waals surface area contributed by atoms with Crippen molar-refractivity contribution < 1.29 is 19.1 Å². The summed E-state index contributed by atoms with van der Waals surface area (Å²) in [4.78, 5) is 26.8. The third kappa shape index (κ3) is 6.51. The molecule has 1 fully saturated rings. The Hall–Kier alpha value is -3.65. The number of carbonyl (C=O) groups is 2. The Morgan fingerprint density at radius 1 is 1.00 bits per heavy atom. The molecule has 8 heteroatoms. The van der Waals surface area contributed by atoms with Crippen LogP contribution in [0.5, 0.6) is 11.5 Å². The van der Waals surface area contributed by atoms with Gasteiger partial charge in [-0.05, 0) is 88.8 Å². The Balaban J connectivity index is 1.33. The molecule has 0 bridgehead atoms. The van der Waals surface area contributed by atoms with Crippen molar-refractivity contribution in [2.45, 2.75) is 25.9 Å². The Morgan fingerprint density at radius 3 is 2.47 bits per heavy atom. The maximum atomic E-state index is 12.6. The number of amides is 2. The van der Waals surface area contributed by atoms with Crippen LogP contribution < -0.4 is 14.9 Å². The van der Waals surface area contributed by atoms with Crippen LogP contribution in [0, 0.1) is 0 Å². The number of halogens is 1. The van der Waals surface area contributed by atoms with Gasteiger partial charge in [0.2, 0.25) is 0 Å². The van der Waals surface area contributed by atoms with E-state index in [1.165, 1.54) is 6.42 Å². The van der Waals surface area contributed by atoms with Crippen molar-refractivity contribution in [3.63, 3.8) is 0 Å². The normalized spacial score (nSPS) is 13.4. The highest BCUT2D eigenvalue weighted by atomic mass is 79.9. The molecule has 1 aliphatic heterocycles. The summed E-state index contributed by atoms with van der Waals surface area (Å²) in [6, 6.07) is 20.1. The number of methoxy groups -OCH3 is 1. The van der Waals surface area contributed by atoms with Crippen molar-refractivity contribution in [3.8, 4) is 11.5 Å². The number of likely N-dealkylation sites (tertiary alicyclic amines) is 1. The fourth-order valence-electron chi connectivity index (χ4n) is 3.94. The van der Waals surface area contributed by atoms with Gasteiger partial charge in [-0.2, -0.15) is 5.10 Å². The number of hydrogen-bond donors (Lipinski definition) is 1. The molecule has 0 aliphatic carbocycles. The fourth-order valence-corrected chi connectivity index (χ4v) is 4.40. The summed E-state index contributed by atoms with van der Waals surface area (Å²) in [5.41, 5.74) is 5.42. The van der Waals surface area contributed by atoms with E-state index in [4.69, 9.17) is 9.47 Å². The predicted octanol–water partition coefficient (Wildman–Crippen LogP) is 5.43. The second-order valence-corrected chi connectivity index (χ2v) is 9.28. The Morgan fingerprint density at radius 2 is 1.75 bits per heavy atom. The Kier molecular flexibility index (Phi) is 8.73. The topological polar surface area (TPSA) is 80.2 Å². The smallest absolute Gasteiger partial charge is 0.272 e. The highest BCUT2D eigenvalue weighted by molar-refractivity contribution is 9.10. The molecule has 0 unspecified atom stereocenters. The number of nitrogens with zero attached hydrogens (tertiary/aromatic N) is 2. The number of benzene rings is 3. The van der Waals surface area contributed by atoms with Gasteiger partial charge in [0.05, 0.1) is 18.9 Å². The number of piperidine rings is 1. The molecular formula is C28H28BrN3O4. The summed E-state index contributed by atoms with van der Waals surface area (Å²) in [6.07, 6.45) is 4.88. The SMILES string of the molecule is COc1cc(/C=N\NC(=O)c2ccccc2Br)ccc1OCc1ccc(C(=O)N2CCCCC2)cc1. The predicted molar refractivity (Wildman–Crippen MR) is 143 cm³/mol. The van der Waals surface area contributed by atoms with Crippen molar-refractivity contribution >= 4 is 34.0 Å². The van der Waals surface area contributed by atoms with Gasteiger partial charge in [0.25, 0.3) is 11.8 Å². The molecule has 1 N–H and O–H groups in total. The maximum absolute atomic E-state index is 12.6. The van der Waals surface area contributed by atoms with Crippen LogP contribution in [0.4, 0.5) is 0 Å². The second kappa shape index (κ2) is 12.4. The first-order chi connectivity index (χ1) is 17.5. The number of carbonyl (C=O) groups excluding carboxylic acids is 2. The standard InChI is InChI=1S/C28H28BrN3O4/c1-35-26-17-21(18-30-31-27(33)23-7-3-4-8-24(23)29)11-14-25(26)36-19-20-9-12-22(13-10-20)28(34)32-15-5-2-6-16-32/h3-4,7-14,17-18H,2,5-6,15-16,19H2,1H3,(H,31,33)/b30-18-. The molecule has 7 nitrogen and oxygen atoms in total. The largest absolute Gasteiger partial charge is 0.493 e. The molecule has 0 saturated carbocycles. The lowest BCUT2D eigenvalue weighted by Gasteiger charge is -2.26. The van der Waals surface area contributed by atoms with Crippen molar-refractivity contribution in [2.24, 2.45) is 5.10 Å². The average molecular weight is 550 g/mol. The van der Waals surface area contributed by atoms with Gasteiger partial charge in [-0.25, -0.2) is 5.43 Å². The van der Waals surface area contributed by atoms with Crippen LogP contribution in [-0.2, 0) is 6.61 Å². The Labute approximate surface area is 219 Å². The van der Waals surface area contributed by atoms with Gasteiger partial charge in [0.1, 0.15) is 6.61 Å². The molecule has 0 aromatic heterocycles. The van der Waals surface area contributed by atoms with Crippen LogP contribution in [0.25, 0.3) is 0 Å². The zero-order chi connectivity index (χ0) is 25.3. The summed E-state index contributed by atoms with van der Waals surface area (Å²) in [6.45, 7) is 2.01. The number of rotatable bonds is 8. The lowest BCUT2D eigenvalue weighted by molar-refractivity contribution is 0.0724. The first-order valence-electron chi connectivity index (χ1n) is 11.8. The van der Waals surface area contributed by atoms with Gasteiger partial charge in [-0.3, -0.25) is 9.59 Å². The molecule has 1 aliphatic rings. The van der Waals surface area contributed by atoms with Gasteiger partial charge >= 0.3 is 0 Å². The van der Waals surface area contributed by atoms with Crippen LogP contribution in [-0.4, -0.2) is 43.1 Å². The monoisotopic (exact) mass is 549 g/mol. The Bertz CT molecular complexity index is 1240. The van der Waals surface area contributed by atoms with E-state index < -0.39 is 0 Å². The summed E-state index contributed by atoms with van der Waals surface area (Å²) in [5, 5.41) is 4.04. The summed E-state index contributed by atoms with van der Waals surface area (Å²) in [5.74, 6) is 0.913. The van der Waals surface area contributed by atoms with Crippen molar-refractivity contribution in [1.29, 1.82) is 0 Å². The molecular weight excluding hydrogens is 522 g/mol. The van der Waals surface area contributed by atoms with Crippen LogP contribution in [0.2, 0.25) is 0 Å². The first kappa shape index (κ1) is 25.4. The molecule has 1 heterocycles. The number of hydrogen-bond acceptors (Lipinski definition) is 5. The molecule has 0 spiro atoms. The van der Waals surface area contributed by atoms with Gasteiger partial charge in [-0.1, -0.05) is 24.3 Å². The molecule has 0 atom stereocenters.